The fourth-order valence-corrected chi connectivity index (χ4v) is 1.77. The molecule has 98 valence electrons. The Kier molecular flexibility index (Phi) is 4.30. The first-order valence-corrected chi connectivity index (χ1v) is 6.59. The van der Waals surface area contributed by atoms with E-state index >= 15 is 0 Å². The summed E-state index contributed by atoms with van der Waals surface area (Å²) in [6.45, 7) is 1.39. The molecule has 1 aromatic rings. The van der Waals surface area contributed by atoms with Gasteiger partial charge in [-0.3, -0.25) is 0 Å². The quantitative estimate of drug-likeness (QED) is 0.628. The van der Waals surface area contributed by atoms with Gasteiger partial charge >= 0.3 is 5.97 Å². The number of ether oxygens (including phenoxy) is 4. The van der Waals surface area contributed by atoms with Crippen molar-refractivity contribution in [2.45, 2.75) is 0 Å². The van der Waals surface area contributed by atoms with Crippen molar-refractivity contribution in [2.75, 3.05) is 32.3 Å². The normalized spacial score (nSPS) is 13.0. The van der Waals surface area contributed by atoms with Crippen LogP contribution in [0.4, 0.5) is 0 Å². The Morgan fingerprint density at radius 1 is 1.39 bits per heavy atom. The predicted octanol–water partition coefficient (Wildman–Crippen LogP) is 2.02. The summed E-state index contributed by atoms with van der Waals surface area (Å²) in [7, 11) is 1.33. The molecule has 1 heterocycles. The van der Waals surface area contributed by atoms with E-state index in [1.807, 2.05) is 0 Å². The van der Waals surface area contributed by atoms with E-state index in [2.05, 4.69) is 20.7 Å². The van der Waals surface area contributed by atoms with Crippen LogP contribution in [-0.4, -0.2) is 38.2 Å². The van der Waals surface area contributed by atoms with Gasteiger partial charge in [0.25, 0.3) is 0 Å². The first-order chi connectivity index (χ1) is 8.76. The Morgan fingerprint density at radius 2 is 2.17 bits per heavy atom. The molecule has 0 radical (unpaired) electrons. The Morgan fingerprint density at radius 3 is 2.89 bits per heavy atom. The first-order valence-electron chi connectivity index (χ1n) is 5.47. The fraction of sp³-hybridized carbons (Fsp3) is 0.417. The van der Waals surface area contributed by atoms with Crippen molar-refractivity contribution in [3.05, 3.63) is 17.7 Å². The number of alkyl halides is 1. The van der Waals surface area contributed by atoms with Crippen molar-refractivity contribution >= 4 is 21.9 Å². The van der Waals surface area contributed by atoms with Gasteiger partial charge in [-0.25, -0.2) is 4.79 Å². The van der Waals surface area contributed by atoms with Gasteiger partial charge < -0.3 is 18.9 Å². The minimum atomic E-state index is -0.435. The number of methoxy groups -OCH3 is 1. The van der Waals surface area contributed by atoms with E-state index in [1.54, 1.807) is 12.1 Å². The monoisotopic (exact) mass is 316 g/mol. The second-order valence-electron chi connectivity index (χ2n) is 3.53. The van der Waals surface area contributed by atoms with Crippen molar-refractivity contribution in [3.63, 3.8) is 0 Å². The SMILES string of the molecule is COC(=O)c1cc(OCCBr)c2c(c1)OCCO2. The molecule has 0 aromatic heterocycles. The van der Waals surface area contributed by atoms with E-state index in [-0.39, 0.29) is 0 Å². The van der Waals surface area contributed by atoms with Crippen molar-refractivity contribution in [3.8, 4) is 17.2 Å². The van der Waals surface area contributed by atoms with Gasteiger partial charge in [-0.2, -0.15) is 0 Å². The molecule has 6 heteroatoms. The van der Waals surface area contributed by atoms with E-state index in [9.17, 15) is 4.79 Å². The number of rotatable bonds is 4. The molecule has 5 nitrogen and oxygen atoms in total. The molecule has 0 fully saturated rings. The number of esters is 1. The number of carbonyl (C=O) groups excluding carboxylic acids is 1. The zero-order valence-electron chi connectivity index (χ0n) is 9.90. The minimum absolute atomic E-state index is 0.381. The largest absolute Gasteiger partial charge is 0.489 e. The molecule has 0 atom stereocenters. The van der Waals surface area contributed by atoms with Crippen LogP contribution >= 0.6 is 15.9 Å². The topological polar surface area (TPSA) is 54.0 Å². The maximum Gasteiger partial charge on any atom is 0.338 e. The molecule has 1 aromatic carbocycles. The summed E-state index contributed by atoms with van der Waals surface area (Å²) in [5.41, 5.74) is 0.381. The Balaban J connectivity index is 2.37. The maximum atomic E-state index is 11.5. The molecule has 0 spiro atoms. The van der Waals surface area contributed by atoms with Crippen LogP contribution in [0.25, 0.3) is 0 Å². The van der Waals surface area contributed by atoms with Crippen LogP contribution in [0.2, 0.25) is 0 Å². The Labute approximate surface area is 113 Å². The van der Waals surface area contributed by atoms with Gasteiger partial charge in [0.05, 0.1) is 19.3 Å². The van der Waals surface area contributed by atoms with E-state index in [4.69, 9.17) is 14.2 Å². The van der Waals surface area contributed by atoms with Crippen molar-refractivity contribution in [1.29, 1.82) is 0 Å². The molecule has 1 aliphatic rings. The predicted molar refractivity (Wildman–Crippen MR) is 68.1 cm³/mol. The summed E-state index contributed by atoms with van der Waals surface area (Å²) in [5, 5.41) is 0.686. The van der Waals surface area contributed by atoms with Crippen LogP contribution in [0.3, 0.4) is 0 Å². The van der Waals surface area contributed by atoms with Gasteiger partial charge in [0.15, 0.2) is 11.5 Å². The third-order valence-electron chi connectivity index (χ3n) is 2.36. The van der Waals surface area contributed by atoms with Crippen LogP contribution in [0.5, 0.6) is 17.2 Å². The van der Waals surface area contributed by atoms with Gasteiger partial charge in [0.2, 0.25) is 5.75 Å². The highest BCUT2D eigenvalue weighted by Crippen LogP contribution is 2.40. The van der Waals surface area contributed by atoms with E-state index < -0.39 is 5.97 Å². The minimum Gasteiger partial charge on any atom is -0.489 e. The third kappa shape index (κ3) is 2.69. The van der Waals surface area contributed by atoms with E-state index in [0.717, 1.165) is 0 Å². The standard InChI is InChI=1S/C12H13BrO5/c1-15-12(14)8-6-9(16-3-2-13)11-10(7-8)17-4-5-18-11/h6-7H,2-5H2,1H3. The van der Waals surface area contributed by atoms with Crippen LogP contribution < -0.4 is 14.2 Å². The summed E-state index contributed by atoms with van der Waals surface area (Å²) >= 11 is 3.28. The third-order valence-corrected chi connectivity index (χ3v) is 2.69. The molecule has 0 aliphatic carbocycles. The lowest BCUT2D eigenvalue weighted by Crippen LogP contribution is -2.17. The molecule has 0 unspecified atom stereocenters. The molecule has 1 aliphatic heterocycles. The lowest BCUT2D eigenvalue weighted by Gasteiger charge is -2.21. The molecular weight excluding hydrogens is 304 g/mol. The van der Waals surface area contributed by atoms with Gasteiger partial charge in [-0.15, -0.1) is 0 Å². The van der Waals surface area contributed by atoms with Crippen LogP contribution in [-0.2, 0) is 4.74 Å². The Bertz CT molecular complexity index is 446. The van der Waals surface area contributed by atoms with E-state index in [0.29, 0.717) is 48.0 Å². The zero-order chi connectivity index (χ0) is 13.0. The summed E-state index contributed by atoms with van der Waals surface area (Å²) in [6, 6.07) is 3.20. The average Bonchev–Trinajstić information content (AvgIpc) is 2.43. The van der Waals surface area contributed by atoms with Crippen LogP contribution in [0.15, 0.2) is 12.1 Å². The number of fused-ring (bicyclic) bond motifs is 1. The smallest absolute Gasteiger partial charge is 0.338 e. The Hall–Kier alpha value is -1.43. The maximum absolute atomic E-state index is 11.5. The summed E-state index contributed by atoms with van der Waals surface area (Å²) in [5.74, 6) is 1.10. The average molecular weight is 317 g/mol. The molecule has 0 bridgehead atoms. The first kappa shape index (κ1) is 13.0. The van der Waals surface area contributed by atoms with Crippen molar-refractivity contribution < 1.29 is 23.7 Å². The molecule has 0 N–H and O–H groups in total. The number of hydrogen-bond acceptors (Lipinski definition) is 5. The molecule has 0 amide bonds. The highest BCUT2D eigenvalue weighted by molar-refractivity contribution is 9.09. The van der Waals surface area contributed by atoms with Crippen LogP contribution in [0, 0.1) is 0 Å². The lowest BCUT2D eigenvalue weighted by molar-refractivity contribution is 0.0599. The molecule has 18 heavy (non-hydrogen) atoms. The summed E-state index contributed by atoms with van der Waals surface area (Å²) in [4.78, 5) is 11.5. The highest BCUT2D eigenvalue weighted by Gasteiger charge is 2.21. The molecular formula is C12H13BrO5. The number of halogens is 1. The summed E-state index contributed by atoms with van der Waals surface area (Å²) < 4.78 is 21.2. The molecule has 0 saturated heterocycles. The number of benzene rings is 1. The van der Waals surface area contributed by atoms with Gasteiger partial charge in [0.1, 0.15) is 13.2 Å². The fourth-order valence-electron chi connectivity index (χ4n) is 1.61. The van der Waals surface area contributed by atoms with Gasteiger partial charge in [0, 0.05) is 5.33 Å². The van der Waals surface area contributed by atoms with Crippen LogP contribution in [0.1, 0.15) is 10.4 Å². The van der Waals surface area contributed by atoms with E-state index in [1.165, 1.54) is 7.11 Å². The molecule has 0 saturated carbocycles. The van der Waals surface area contributed by atoms with Gasteiger partial charge in [-0.05, 0) is 12.1 Å². The highest BCUT2D eigenvalue weighted by atomic mass is 79.9. The second-order valence-corrected chi connectivity index (χ2v) is 4.32. The van der Waals surface area contributed by atoms with Crippen molar-refractivity contribution in [1.82, 2.24) is 0 Å². The van der Waals surface area contributed by atoms with Crippen molar-refractivity contribution in [2.24, 2.45) is 0 Å². The summed E-state index contributed by atoms with van der Waals surface area (Å²) in [6.07, 6.45) is 0. The number of hydrogen-bond donors (Lipinski definition) is 0. The second kappa shape index (κ2) is 5.95. The van der Waals surface area contributed by atoms with Gasteiger partial charge in [-0.1, -0.05) is 15.9 Å². The number of carbonyl (C=O) groups is 1. The zero-order valence-corrected chi connectivity index (χ0v) is 11.5. The lowest BCUT2D eigenvalue weighted by atomic mass is 10.1. The molecule has 2 rings (SSSR count).